The summed E-state index contributed by atoms with van der Waals surface area (Å²) in [5, 5.41) is 0. The Labute approximate surface area is 131 Å². The van der Waals surface area contributed by atoms with Gasteiger partial charge in [-0.05, 0) is 43.4 Å². The minimum absolute atomic E-state index is 0.142. The van der Waals surface area contributed by atoms with Crippen LogP contribution in [0.5, 0.6) is 0 Å². The number of benzene rings is 1. The van der Waals surface area contributed by atoms with Crippen molar-refractivity contribution in [2.75, 3.05) is 13.2 Å². The standard InChI is InChI=1S/C16H21NO4S/c1-2-21-11-5-8-16(18)17-22(19,20)15-10-9-13-6-3-4-7-14(13)12-15/h3-4,6-7,12H,2,5,8-11H2,1H3,(H,17,18). The Morgan fingerprint density at radius 1 is 1.27 bits per heavy atom. The van der Waals surface area contributed by atoms with E-state index in [1.54, 1.807) is 6.08 Å². The molecule has 22 heavy (non-hydrogen) atoms. The Bertz CT molecular complexity index is 664. The van der Waals surface area contributed by atoms with Crippen molar-refractivity contribution in [1.29, 1.82) is 0 Å². The molecule has 120 valence electrons. The minimum atomic E-state index is -3.75. The number of allylic oxidation sites excluding steroid dienone is 1. The average Bonchev–Trinajstić information content (AvgIpc) is 2.50. The van der Waals surface area contributed by atoms with Crippen LogP contribution in [0, 0.1) is 0 Å². The fourth-order valence-corrected chi connectivity index (χ4v) is 3.55. The maximum Gasteiger partial charge on any atom is 0.260 e. The van der Waals surface area contributed by atoms with Crippen LogP contribution >= 0.6 is 0 Å². The highest BCUT2D eigenvalue weighted by Gasteiger charge is 2.23. The van der Waals surface area contributed by atoms with E-state index in [4.69, 9.17) is 4.74 Å². The molecule has 2 rings (SSSR count). The van der Waals surface area contributed by atoms with Crippen LogP contribution in [0.15, 0.2) is 29.2 Å². The Hall–Kier alpha value is -1.66. The van der Waals surface area contributed by atoms with Gasteiger partial charge in [0.15, 0.2) is 0 Å². The topological polar surface area (TPSA) is 72.5 Å². The van der Waals surface area contributed by atoms with Gasteiger partial charge in [-0.2, -0.15) is 0 Å². The molecule has 0 fully saturated rings. The number of carbonyl (C=O) groups is 1. The number of hydrogen-bond acceptors (Lipinski definition) is 4. The minimum Gasteiger partial charge on any atom is -0.382 e. The van der Waals surface area contributed by atoms with Crippen molar-refractivity contribution in [1.82, 2.24) is 4.72 Å². The average molecular weight is 323 g/mol. The van der Waals surface area contributed by atoms with Crippen LogP contribution in [0.1, 0.15) is 37.3 Å². The summed E-state index contributed by atoms with van der Waals surface area (Å²) in [4.78, 5) is 12.0. The molecule has 0 unspecified atom stereocenters. The van der Waals surface area contributed by atoms with E-state index in [0.717, 1.165) is 11.1 Å². The first-order valence-corrected chi connectivity index (χ1v) is 8.93. The van der Waals surface area contributed by atoms with Crippen molar-refractivity contribution in [3.05, 3.63) is 40.3 Å². The molecule has 1 aromatic rings. The van der Waals surface area contributed by atoms with Crippen LogP contribution in [0.4, 0.5) is 0 Å². The Balaban J connectivity index is 1.99. The molecule has 0 aromatic heterocycles. The number of amides is 1. The number of aryl methyl sites for hydroxylation is 1. The fourth-order valence-electron chi connectivity index (χ4n) is 2.36. The van der Waals surface area contributed by atoms with Gasteiger partial charge in [-0.15, -0.1) is 0 Å². The quantitative estimate of drug-likeness (QED) is 0.781. The van der Waals surface area contributed by atoms with Crippen molar-refractivity contribution in [3.8, 4) is 0 Å². The van der Waals surface area contributed by atoms with Crippen LogP contribution in [-0.4, -0.2) is 27.5 Å². The molecule has 1 aromatic carbocycles. The van der Waals surface area contributed by atoms with Crippen molar-refractivity contribution in [2.24, 2.45) is 0 Å². The highest BCUT2D eigenvalue weighted by atomic mass is 32.2. The molecule has 0 radical (unpaired) electrons. The molecule has 6 heteroatoms. The molecule has 0 saturated carbocycles. The van der Waals surface area contributed by atoms with E-state index in [2.05, 4.69) is 4.72 Å². The van der Waals surface area contributed by atoms with Crippen molar-refractivity contribution >= 4 is 22.0 Å². The zero-order valence-corrected chi connectivity index (χ0v) is 13.5. The zero-order chi connectivity index (χ0) is 16.0. The molecular formula is C16H21NO4S. The number of hydrogen-bond donors (Lipinski definition) is 1. The number of ether oxygens (including phenoxy) is 1. The predicted octanol–water partition coefficient (Wildman–Crippen LogP) is 2.24. The van der Waals surface area contributed by atoms with Gasteiger partial charge in [-0.3, -0.25) is 4.79 Å². The molecule has 1 N–H and O–H groups in total. The summed E-state index contributed by atoms with van der Waals surface area (Å²) >= 11 is 0. The van der Waals surface area contributed by atoms with E-state index in [0.29, 0.717) is 32.5 Å². The SMILES string of the molecule is CCOCCCC(=O)NS(=O)(=O)C1=Cc2ccccc2CC1. The maximum atomic E-state index is 12.3. The van der Waals surface area contributed by atoms with Gasteiger partial charge in [0.1, 0.15) is 0 Å². The van der Waals surface area contributed by atoms with Crippen LogP contribution in [0.2, 0.25) is 0 Å². The van der Waals surface area contributed by atoms with E-state index in [9.17, 15) is 13.2 Å². The van der Waals surface area contributed by atoms with Gasteiger partial charge in [0.25, 0.3) is 10.0 Å². The Morgan fingerprint density at radius 3 is 2.82 bits per heavy atom. The smallest absolute Gasteiger partial charge is 0.260 e. The number of nitrogens with one attached hydrogen (secondary N) is 1. The van der Waals surface area contributed by atoms with Gasteiger partial charge in [-0.1, -0.05) is 24.3 Å². The van der Waals surface area contributed by atoms with Crippen molar-refractivity contribution in [3.63, 3.8) is 0 Å². The normalized spacial score (nSPS) is 14.1. The van der Waals surface area contributed by atoms with E-state index in [-0.39, 0.29) is 11.3 Å². The molecule has 0 saturated heterocycles. The summed E-state index contributed by atoms with van der Waals surface area (Å²) in [5.74, 6) is -0.487. The Kier molecular flexibility index (Phi) is 5.74. The van der Waals surface area contributed by atoms with Crippen molar-refractivity contribution < 1.29 is 17.9 Å². The van der Waals surface area contributed by atoms with Crippen LogP contribution < -0.4 is 4.72 Å². The summed E-state index contributed by atoms with van der Waals surface area (Å²) in [7, 11) is -3.75. The first-order valence-electron chi connectivity index (χ1n) is 7.45. The monoisotopic (exact) mass is 323 g/mol. The molecule has 0 aliphatic heterocycles. The van der Waals surface area contributed by atoms with Gasteiger partial charge in [-0.25, -0.2) is 13.1 Å². The summed E-state index contributed by atoms with van der Waals surface area (Å²) in [6, 6.07) is 7.68. The molecule has 0 bridgehead atoms. The third kappa shape index (κ3) is 4.42. The van der Waals surface area contributed by atoms with E-state index in [1.165, 1.54) is 0 Å². The molecule has 1 aliphatic rings. The second kappa shape index (κ2) is 7.56. The highest BCUT2D eigenvalue weighted by Crippen LogP contribution is 2.26. The van der Waals surface area contributed by atoms with Gasteiger partial charge < -0.3 is 4.74 Å². The molecule has 1 aliphatic carbocycles. The van der Waals surface area contributed by atoms with E-state index >= 15 is 0 Å². The first kappa shape index (κ1) is 16.7. The summed E-state index contributed by atoms with van der Waals surface area (Å²) in [5.41, 5.74) is 2.03. The number of carbonyl (C=O) groups excluding carboxylic acids is 1. The summed E-state index contributed by atoms with van der Waals surface area (Å²) in [6.45, 7) is 2.92. The lowest BCUT2D eigenvalue weighted by Crippen LogP contribution is -2.32. The van der Waals surface area contributed by atoms with Gasteiger partial charge >= 0.3 is 0 Å². The second-order valence-electron chi connectivity index (χ2n) is 5.14. The van der Waals surface area contributed by atoms with Gasteiger partial charge in [0.05, 0.1) is 4.91 Å². The van der Waals surface area contributed by atoms with E-state index < -0.39 is 15.9 Å². The zero-order valence-electron chi connectivity index (χ0n) is 12.7. The van der Waals surface area contributed by atoms with Crippen LogP contribution in [0.3, 0.4) is 0 Å². The fraction of sp³-hybridized carbons (Fsp3) is 0.438. The molecular weight excluding hydrogens is 302 g/mol. The highest BCUT2D eigenvalue weighted by molar-refractivity contribution is 7.94. The molecule has 0 atom stereocenters. The third-order valence-corrected chi connectivity index (χ3v) is 5.01. The summed E-state index contributed by atoms with van der Waals surface area (Å²) < 4.78 is 31.8. The number of sulfonamides is 1. The molecule has 0 heterocycles. The third-order valence-electron chi connectivity index (χ3n) is 3.50. The lowest BCUT2D eigenvalue weighted by atomic mass is 9.98. The van der Waals surface area contributed by atoms with Gasteiger partial charge in [0, 0.05) is 19.6 Å². The maximum absolute atomic E-state index is 12.3. The number of rotatable bonds is 7. The largest absolute Gasteiger partial charge is 0.382 e. The lowest BCUT2D eigenvalue weighted by molar-refractivity contribution is -0.119. The number of fused-ring (bicyclic) bond motifs is 1. The second-order valence-corrected chi connectivity index (χ2v) is 6.87. The van der Waals surface area contributed by atoms with Crippen LogP contribution in [-0.2, 0) is 26.0 Å². The van der Waals surface area contributed by atoms with Gasteiger partial charge in [0.2, 0.25) is 5.91 Å². The molecule has 1 amide bonds. The van der Waals surface area contributed by atoms with E-state index in [1.807, 2.05) is 31.2 Å². The Morgan fingerprint density at radius 2 is 2.05 bits per heavy atom. The molecule has 0 spiro atoms. The van der Waals surface area contributed by atoms with Crippen LogP contribution in [0.25, 0.3) is 6.08 Å². The van der Waals surface area contributed by atoms with Crippen molar-refractivity contribution in [2.45, 2.75) is 32.6 Å². The molecule has 5 nitrogen and oxygen atoms in total. The first-order chi connectivity index (χ1) is 10.5. The predicted molar refractivity (Wildman–Crippen MR) is 85.5 cm³/mol. The summed E-state index contributed by atoms with van der Waals surface area (Å²) in [6.07, 6.45) is 3.38. The lowest BCUT2D eigenvalue weighted by Gasteiger charge is -2.17.